The molecule has 1 aromatic carbocycles. The lowest BCUT2D eigenvalue weighted by Gasteiger charge is -2.12. The van der Waals surface area contributed by atoms with Crippen LogP contribution in [-0.2, 0) is 20.4 Å². The van der Waals surface area contributed by atoms with Crippen molar-refractivity contribution in [2.45, 2.75) is 44.1 Å². The first-order chi connectivity index (χ1) is 8.77. The molecule has 19 heavy (non-hydrogen) atoms. The van der Waals surface area contributed by atoms with Gasteiger partial charge < -0.3 is 5.11 Å². The maximum Gasteiger partial charge on any atom is 0.321 e. The molecule has 0 fully saturated rings. The lowest BCUT2D eigenvalue weighted by molar-refractivity contribution is -0.136. The maximum absolute atomic E-state index is 12.0. The Balaban J connectivity index is 2.92. The summed E-state index contributed by atoms with van der Waals surface area (Å²) < 4.78 is 24.0. The van der Waals surface area contributed by atoms with E-state index in [0.717, 1.165) is 5.56 Å². The van der Waals surface area contributed by atoms with Crippen LogP contribution in [-0.4, -0.2) is 24.7 Å². The molecule has 0 heterocycles. The summed E-state index contributed by atoms with van der Waals surface area (Å²) in [4.78, 5) is 10.9. The number of hydrogen-bond acceptors (Lipinski definition) is 3. The van der Waals surface area contributed by atoms with Crippen LogP contribution in [0.4, 0.5) is 0 Å². The highest BCUT2D eigenvalue weighted by Gasteiger charge is 2.30. The van der Waals surface area contributed by atoms with E-state index in [1.165, 1.54) is 0 Å². The molecule has 1 aromatic rings. The number of carbonyl (C=O) groups is 1. The number of rotatable bonds is 6. The summed E-state index contributed by atoms with van der Waals surface area (Å²) in [5.41, 5.74) is 1.76. The molecule has 5 heteroatoms. The Bertz CT molecular complexity index is 529. The van der Waals surface area contributed by atoms with E-state index in [2.05, 4.69) is 13.8 Å². The summed E-state index contributed by atoms with van der Waals surface area (Å²) in [5.74, 6) is -1.12. The van der Waals surface area contributed by atoms with Gasteiger partial charge in [-0.05, 0) is 23.5 Å². The number of benzene rings is 1. The van der Waals surface area contributed by atoms with Crippen molar-refractivity contribution in [3.8, 4) is 0 Å². The zero-order valence-corrected chi connectivity index (χ0v) is 12.3. The Morgan fingerprint density at radius 3 is 2.11 bits per heavy atom. The standard InChI is InChI=1S/C14H20O4S/c1-4-13(14(15)16)19(17,18)9-11-5-7-12(8-6-11)10(2)3/h5-8,10,13H,4,9H2,1-3H3,(H,15,16). The van der Waals surface area contributed by atoms with Gasteiger partial charge in [-0.3, -0.25) is 4.79 Å². The predicted molar refractivity (Wildman–Crippen MR) is 74.9 cm³/mol. The van der Waals surface area contributed by atoms with Gasteiger partial charge in [0.05, 0.1) is 5.75 Å². The van der Waals surface area contributed by atoms with Crippen LogP contribution in [0.1, 0.15) is 44.2 Å². The Hall–Kier alpha value is -1.36. The summed E-state index contributed by atoms with van der Waals surface area (Å²) in [7, 11) is -3.66. The van der Waals surface area contributed by atoms with Crippen molar-refractivity contribution in [1.29, 1.82) is 0 Å². The van der Waals surface area contributed by atoms with Crippen molar-refractivity contribution in [1.82, 2.24) is 0 Å². The molecule has 0 saturated heterocycles. The molecular formula is C14H20O4S. The number of carboxylic acids is 1. The first-order valence-electron chi connectivity index (χ1n) is 6.31. The van der Waals surface area contributed by atoms with Crippen molar-refractivity contribution < 1.29 is 18.3 Å². The fourth-order valence-electron chi connectivity index (χ4n) is 1.91. The van der Waals surface area contributed by atoms with E-state index in [4.69, 9.17) is 5.11 Å². The van der Waals surface area contributed by atoms with Crippen LogP contribution in [0.25, 0.3) is 0 Å². The van der Waals surface area contributed by atoms with Crippen LogP contribution in [0, 0.1) is 0 Å². The molecule has 0 saturated carbocycles. The lowest BCUT2D eigenvalue weighted by atomic mass is 10.0. The first-order valence-corrected chi connectivity index (χ1v) is 8.02. The summed E-state index contributed by atoms with van der Waals surface area (Å²) in [5, 5.41) is 7.60. The fourth-order valence-corrected chi connectivity index (χ4v) is 3.59. The van der Waals surface area contributed by atoms with Crippen molar-refractivity contribution in [2.24, 2.45) is 0 Å². The molecule has 1 N–H and O–H groups in total. The van der Waals surface area contributed by atoms with Gasteiger partial charge in [0.25, 0.3) is 0 Å². The van der Waals surface area contributed by atoms with Gasteiger partial charge in [-0.15, -0.1) is 0 Å². The smallest absolute Gasteiger partial charge is 0.321 e. The van der Waals surface area contributed by atoms with Gasteiger partial charge in [-0.25, -0.2) is 8.42 Å². The minimum absolute atomic E-state index is 0.0851. The summed E-state index contributed by atoms with van der Waals surface area (Å²) in [6.07, 6.45) is 0.0851. The Labute approximate surface area is 114 Å². The summed E-state index contributed by atoms with van der Waals surface area (Å²) in [6.45, 7) is 5.69. The van der Waals surface area contributed by atoms with E-state index in [9.17, 15) is 13.2 Å². The zero-order valence-electron chi connectivity index (χ0n) is 11.5. The Kier molecular flexibility index (Phi) is 5.11. The van der Waals surface area contributed by atoms with Crippen molar-refractivity contribution >= 4 is 15.8 Å². The van der Waals surface area contributed by atoms with Crippen LogP contribution in [0.3, 0.4) is 0 Å². The molecule has 0 aromatic heterocycles. The average Bonchev–Trinajstić information content (AvgIpc) is 2.28. The molecule has 0 bridgehead atoms. The van der Waals surface area contributed by atoms with Gasteiger partial charge in [0.1, 0.15) is 0 Å². The van der Waals surface area contributed by atoms with Crippen molar-refractivity contribution in [3.63, 3.8) is 0 Å². The second kappa shape index (κ2) is 6.19. The molecule has 0 aliphatic carbocycles. The Morgan fingerprint density at radius 2 is 1.74 bits per heavy atom. The molecule has 1 unspecified atom stereocenters. The number of carboxylic acid groups (broad SMARTS) is 1. The quantitative estimate of drug-likeness (QED) is 0.871. The van der Waals surface area contributed by atoms with E-state index >= 15 is 0 Å². The van der Waals surface area contributed by atoms with Gasteiger partial charge >= 0.3 is 5.97 Å². The molecule has 106 valence electrons. The van der Waals surface area contributed by atoms with E-state index < -0.39 is 21.1 Å². The van der Waals surface area contributed by atoms with Gasteiger partial charge in [-0.1, -0.05) is 45.0 Å². The highest BCUT2D eigenvalue weighted by molar-refractivity contribution is 7.92. The molecular weight excluding hydrogens is 264 g/mol. The highest BCUT2D eigenvalue weighted by atomic mass is 32.2. The summed E-state index contributed by atoms with van der Waals surface area (Å²) in [6, 6.07) is 7.28. The molecule has 1 atom stereocenters. The van der Waals surface area contributed by atoms with E-state index in [0.29, 0.717) is 11.5 Å². The Morgan fingerprint density at radius 1 is 1.21 bits per heavy atom. The summed E-state index contributed by atoms with van der Waals surface area (Å²) >= 11 is 0. The first kappa shape index (κ1) is 15.7. The van der Waals surface area contributed by atoms with Gasteiger partial charge in [0.2, 0.25) is 0 Å². The number of hydrogen-bond donors (Lipinski definition) is 1. The zero-order chi connectivity index (χ0) is 14.6. The maximum atomic E-state index is 12.0. The minimum atomic E-state index is -3.66. The molecule has 0 aliphatic rings. The van der Waals surface area contributed by atoms with Crippen LogP contribution in [0.15, 0.2) is 24.3 Å². The van der Waals surface area contributed by atoms with Crippen molar-refractivity contribution in [3.05, 3.63) is 35.4 Å². The van der Waals surface area contributed by atoms with Gasteiger partial charge in [0.15, 0.2) is 15.1 Å². The largest absolute Gasteiger partial charge is 0.480 e. The molecule has 4 nitrogen and oxygen atoms in total. The SMILES string of the molecule is CCC(C(=O)O)S(=O)(=O)Cc1ccc(C(C)C)cc1. The molecule has 0 spiro atoms. The molecule has 0 amide bonds. The van der Waals surface area contributed by atoms with Crippen LogP contribution in [0.5, 0.6) is 0 Å². The van der Waals surface area contributed by atoms with Gasteiger partial charge in [0, 0.05) is 0 Å². The molecule has 0 radical (unpaired) electrons. The third-order valence-electron chi connectivity index (χ3n) is 3.09. The minimum Gasteiger partial charge on any atom is -0.480 e. The highest BCUT2D eigenvalue weighted by Crippen LogP contribution is 2.18. The third-order valence-corrected chi connectivity index (χ3v) is 5.23. The van der Waals surface area contributed by atoms with Crippen LogP contribution in [0.2, 0.25) is 0 Å². The van der Waals surface area contributed by atoms with Crippen LogP contribution >= 0.6 is 0 Å². The lowest BCUT2D eigenvalue weighted by Crippen LogP contribution is -2.30. The third kappa shape index (κ3) is 4.06. The molecule has 1 rings (SSSR count). The van der Waals surface area contributed by atoms with Crippen LogP contribution < -0.4 is 0 Å². The monoisotopic (exact) mass is 284 g/mol. The normalized spacial score (nSPS) is 13.5. The van der Waals surface area contributed by atoms with Crippen molar-refractivity contribution in [2.75, 3.05) is 0 Å². The predicted octanol–water partition coefficient (Wildman–Crippen LogP) is 2.59. The topological polar surface area (TPSA) is 71.4 Å². The average molecular weight is 284 g/mol. The number of sulfone groups is 1. The van der Waals surface area contributed by atoms with E-state index in [1.807, 2.05) is 12.1 Å². The van der Waals surface area contributed by atoms with E-state index in [1.54, 1.807) is 19.1 Å². The number of aliphatic carboxylic acids is 1. The molecule has 0 aliphatic heterocycles. The van der Waals surface area contributed by atoms with Gasteiger partial charge in [-0.2, -0.15) is 0 Å². The van der Waals surface area contributed by atoms with E-state index in [-0.39, 0.29) is 12.2 Å². The fraction of sp³-hybridized carbons (Fsp3) is 0.500. The second-order valence-electron chi connectivity index (χ2n) is 4.94. The second-order valence-corrected chi connectivity index (χ2v) is 7.12.